The van der Waals surface area contributed by atoms with Gasteiger partial charge in [0.2, 0.25) is 0 Å². The first-order valence-corrected chi connectivity index (χ1v) is 12.0. The zero-order valence-electron chi connectivity index (χ0n) is 18.2. The predicted molar refractivity (Wildman–Crippen MR) is 127 cm³/mol. The zero-order valence-corrected chi connectivity index (χ0v) is 19.7. The van der Waals surface area contributed by atoms with Crippen LogP contribution in [0.5, 0.6) is 0 Å². The van der Waals surface area contributed by atoms with Gasteiger partial charge in [0.25, 0.3) is 5.91 Å². The van der Waals surface area contributed by atoms with Gasteiger partial charge in [0.15, 0.2) is 0 Å². The maximum Gasteiger partial charge on any atom is 0.416 e. The number of amides is 2. The van der Waals surface area contributed by atoms with Gasteiger partial charge in [-0.2, -0.15) is 23.3 Å². The summed E-state index contributed by atoms with van der Waals surface area (Å²) in [6.07, 6.45) is -3.27. The number of aromatic amines is 1. The molecular formula is C23H19ClF3N5O2S. The van der Waals surface area contributed by atoms with Crippen LogP contribution in [0.15, 0.2) is 47.5 Å². The first-order valence-electron chi connectivity index (χ1n) is 10.8. The van der Waals surface area contributed by atoms with Crippen molar-refractivity contribution in [3.05, 3.63) is 69.2 Å². The van der Waals surface area contributed by atoms with Crippen LogP contribution in [-0.2, 0) is 17.4 Å². The molecule has 182 valence electrons. The van der Waals surface area contributed by atoms with Crippen molar-refractivity contribution in [3.63, 3.8) is 0 Å². The molecule has 0 spiro atoms. The molecule has 5 rings (SSSR count). The lowest BCUT2D eigenvalue weighted by Crippen LogP contribution is -2.53. The lowest BCUT2D eigenvalue weighted by molar-refractivity contribution is -0.138. The van der Waals surface area contributed by atoms with Gasteiger partial charge in [0, 0.05) is 36.6 Å². The quantitative estimate of drug-likeness (QED) is 0.484. The summed E-state index contributed by atoms with van der Waals surface area (Å²) in [4.78, 5) is 26.5. The van der Waals surface area contributed by atoms with Crippen molar-refractivity contribution in [2.45, 2.75) is 12.6 Å². The number of H-pyrrole nitrogens is 1. The molecule has 3 heterocycles. The molecule has 0 bridgehead atoms. The Balaban J connectivity index is 1.63. The van der Waals surface area contributed by atoms with Crippen molar-refractivity contribution < 1.29 is 22.8 Å². The van der Waals surface area contributed by atoms with Gasteiger partial charge >= 0.3 is 11.4 Å². The minimum atomic E-state index is -4.64. The normalized spacial score (nSPS) is 19.1. The third-order valence-electron chi connectivity index (χ3n) is 5.93. The number of aromatic nitrogens is 2. The molecule has 0 atom stereocenters. The van der Waals surface area contributed by atoms with Gasteiger partial charge in [-0.3, -0.25) is 14.7 Å². The summed E-state index contributed by atoms with van der Waals surface area (Å²) in [5.41, 5.74) is 0.686. The Hall–Kier alpha value is -2.86. The first-order chi connectivity index (χ1) is 16.7. The van der Waals surface area contributed by atoms with E-state index in [0.29, 0.717) is 37.3 Å². The number of imide groups is 1. The Kier molecular flexibility index (Phi) is 6.34. The van der Waals surface area contributed by atoms with Crippen LogP contribution in [0.4, 0.5) is 18.0 Å². The molecule has 0 unspecified atom stereocenters. The van der Waals surface area contributed by atoms with E-state index in [1.165, 1.54) is 12.1 Å². The van der Waals surface area contributed by atoms with Crippen LogP contribution in [0, 0.1) is 0 Å². The monoisotopic (exact) mass is 521 g/mol. The van der Waals surface area contributed by atoms with Crippen molar-refractivity contribution in [3.8, 4) is 0 Å². The van der Waals surface area contributed by atoms with Crippen LogP contribution in [0.25, 0.3) is 16.5 Å². The maximum atomic E-state index is 13.8. The fourth-order valence-electron chi connectivity index (χ4n) is 4.24. The Bertz CT molecular complexity index is 1350. The van der Waals surface area contributed by atoms with Crippen LogP contribution < -0.4 is 5.32 Å². The number of hydrogen-bond acceptors (Lipinski definition) is 6. The van der Waals surface area contributed by atoms with Crippen LogP contribution >= 0.6 is 23.4 Å². The number of hydrazine groups is 1. The number of thioether (sulfide) groups is 1. The number of nitrogens with zero attached hydrogens (tertiary/aromatic N) is 3. The molecule has 0 aliphatic carbocycles. The van der Waals surface area contributed by atoms with Gasteiger partial charge in [0.05, 0.1) is 22.2 Å². The van der Waals surface area contributed by atoms with E-state index in [1.54, 1.807) is 29.4 Å². The summed E-state index contributed by atoms with van der Waals surface area (Å²) in [5, 5.41) is 13.0. The van der Waals surface area contributed by atoms with E-state index in [1.807, 2.05) is 0 Å². The van der Waals surface area contributed by atoms with Gasteiger partial charge in [-0.1, -0.05) is 23.7 Å². The molecule has 2 aliphatic heterocycles. The molecule has 2 fully saturated rings. The van der Waals surface area contributed by atoms with Crippen molar-refractivity contribution in [2.75, 3.05) is 26.2 Å². The molecule has 2 aromatic carbocycles. The highest BCUT2D eigenvalue weighted by Crippen LogP contribution is 2.41. The lowest BCUT2D eigenvalue weighted by atomic mass is 9.93. The second-order valence-corrected chi connectivity index (χ2v) is 9.54. The van der Waals surface area contributed by atoms with Crippen LogP contribution in [0.3, 0.4) is 0 Å². The minimum Gasteiger partial charge on any atom is -0.314 e. The molecule has 2 amide bonds. The highest BCUT2D eigenvalue weighted by molar-refractivity contribution is 8.18. The minimum absolute atomic E-state index is 0.0403. The zero-order chi connectivity index (χ0) is 24.7. The fraction of sp³-hybridized carbons (Fsp3) is 0.261. The third kappa shape index (κ3) is 4.68. The van der Waals surface area contributed by atoms with Gasteiger partial charge in [0.1, 0.15) is 0 Å². The van der Waals surface area contributed by atoms with E-state index in [2.05, 4.69) is 15.5 Å². The summed E-state index contributed by atoms with van der Waals surface area (Å²) < 4.78 is 41.5. The van der Waals surface area contributed by atoms with Crippen LogP contribution in [-0.4, -0.2) is 57.5 Å². The third-order valence-corrected chi connectivity index (χ3v) is 7.14. The summed E-state index contributed by atoms with van der Waals surface area (Å²) in [5.74, 6) is -0.535. The number of allylic oxidation sites excluding steroid dienone is 1. The summed E-state index contributed by atoms with van der Waals surface area (Å²) >= 11 is 6.61. The second kappa shape index (κ2) is 9.30. The molecule has 7 nitrogen and oxygen atoms in total. The molecule has 2 N–H and O–H groups in total. The van der Waals surface area contributed by atoms with E-state index in [0.717, 1.165) is 33.7 Å². The molecule has 2 saturated heterocycles. The number of fused-ring (bicyclic) bond motifs is 1. The maximum absolute atomic E-state index is 13.8. The number of nitrogens with one attached hydrogen (secondary N) is 2. The lowest BCUT2D eigenvalue weighted by Gasteiger charge is -2.32. The average Bonchev–Trinajstić information content (AvgIpc) is 3.41. The largest absolute Gasteiger partial charge is 0.416 e. The Morgan fingerprint density at radius 1 is 1.11 bits per heavy atom. The highest BCUT2D eigenvalue weighted by Gasteiger charge is 2.42. The number of carbonyl (C=O) groups excluding carboxylic acids is 2. The standard InChI is InChI=1S/C23H19ClF3N5O2S/c24-16-3-1-14(18(11-16)23(25,26)27)10-17(13-2-4-19-15(9-13)12-29-30-19)20-21(33)32(22(34)35-20)31-7-5-28-6-8-31/h1-4,9,11-12,28H,5-8,10H2,(H,29,30)/b20-17-. The van der Waals surface area contributed by atoms with E-state index in [9.17, 15) is 22.8 Å². The van der Waals surface area contributed by atoms with Gasteiger partial charge < -0.3 is 5.32 Å². The highest BCUT2D eigenvalue weighted by atomic mass is 35.5. The Morgan fingerprint density at radius 3 is 2.63 bits per heavy atom. The van der Waals surface area contributed by atoms with Gasteiger partial charge in [-0.05, 0) is 59.1 Å². The number of piperazine rings is 1. The number of rotatable bonds is 4. The van der Waals surface area contributed by atoms with E-state index in [-0.39, 0.29) is 21.9 Å². The first kappa shape index (κ1) is 23.9. The molecule has 12 heteroatoms. The van der Waals surface area contributed by atoms with Crippen molar-refractivity contribution in [1.82, 2.24) is 25.5 Å². The van der Waals surface area contributed by atoms with Crippen molar-refractivity contribution in [2.24, 2.45) is 0 Å². The number of carbonyl (C=O) groups is 2. The SMILES string of the molecule is O=C1S/C(=C(/Cc2ccc(Cl)cc2C(F)(F)F)c2ccc3[nH]ncc3c2)C(=O)N1N1CCNCC1. The van der Waals surface area contributed by atoms with Crippen molar-refractivity contribution >= 4 is 51.0 Å². The molecule has 0 saturated carbocycles. The summed E-state index contributed by atoms with van der Waals surface area (Å²) in [7, 11) is 0. The topological polar surface area (TPSA) is 81.3 Å². The van der Waals surface area contributed by atoms with Crippen LogP contribution in [0.2, 0.25) is 5.02 Å². The second-order valence-electron chi connectivity index (χ2n) is 8.14. The average molecular weight is 522 g/mol. The number of alkyl halides is 3. The summed E-state index contributed by atoms with van der Waals surface area (Å²) in [6.45, 7) is 2.17. The summed E-state index contributed by atoms with van der Waals surface area (Å²) in [6, 6.07) is 8.76. The molecule has 3 aromatic rings. The fourth-order valence-corrected chi connectivity index (χ4v) is 5.36. The Labute approximate surface area is 207 Å². The number of benzene rings is 2. The van der Waals surface area contributed by atoms with Crippen LogP contribution in [0.1, 0.15) is 16.7 Å². The van der Waals surface area contributed by atoms with E-state index < -0.39 is 22.9 Å². The molecule has 35 heavy (non-hydrogen) atoms. The van der Waals surface area contributed by atoms with E-state index >= 15 is 0 Å². The molecular weight excluding hydrogens is 503 g/mol. The number of halogens is 4. The van der Waals surface area contributed by atoms with E-state index in [4.69, 9.17) is 11.6 Å². The smallest absolute Gasteiger partial charge is 0.314 e. The van der Waals surface area contributed by atoms with Gasteiger partial charge in [-0.25, -0.2) is 5.01 Å². The molecule has 2 aliphatic rings. The predicted octanol–water partition coefficient (Wildman–Crippen LogP) is 4.70. The Morgan fingerprint density at radius 2 is 1.89 bits per heavy atom. The van der Waals surface area contributed by atoms with Gasteiger partial charge in [-0.15, -0.1) is 0 Å². The number of hydrogen-bond donors (Lipinski definition) is 2. The molecule has 0 radical (unpaired) electrons. The molecule has 1 aromatic heterocycles. The van der Waals surface area contributed by atoms with Crippen molar-refractivity contribution in [1.29, 1.82) is 0 Å².